The Bertz CT molecular complexity index is 804. The smallest absolute Gasteiger partial charge is 0.207 e. The first-order chi connectivity index (χ1) is 10.9. The largest absolute Gasteiger partial charge is 0.241 e. The maximum absolute atomic E-state index is 6.12. The summed E-state index contributed by atoms with van der Waals surface area (Å²) in [6.45, 7) is 8.26. The molecule has 0 amide bonds. The van der Waals surface area contributed by atoms with Crippen molar-refractivity contribution in [3.05, 3.63) is 35.4 Å². The van der Waals surface area contributed by atoms with Gasteiger partial charge in [0.25, 0.3) is 0 Å². The van der Waals surface area contributed by atoms with Crippen LogP contribution in [0.5, 0.6) is 0 Å². The fraction of sp³-hybridized carbons (Fsp3) is 0.333. The molecule has 3 aromatic rings. The third-order valence-corrected chi connectivity index (χ3v) is 5.13. The van der Waals surface area contributed by atoms with Crippen LogP contribution in [-0.2, 0) is 5.41 Å². The van der Waals surface area contributed by atoms with Crippen LogP contribution >= 0.6 is 22.7 Å². The second-order valence-corrected chi connectivity index (χ2v) is 7.96. The molecule has 3 heterocycles. The van der Waals surface area contributed by atoms with E-state index in [9.17, 15) is 0 Å². The van der Waals surface area contributed by atoms with Crippen molar-refractivity contribution < 1.29 is 0 Å². The summed E-state index contributed by atoms with van der Waals surface area (Å²) in [5.41, 5.74) is 1.67. The van der Waals surface area contributed by atoms with Crippen molar-refractivity contribution in [1.82, 2.24) is 19.9 Å². The van der Waals surface area contributed by atoms with E-state index < -0.39 is 0 Å². The molecule has 0 aromatic carbocycles. The van der Waals surface area contributed by atoms with Gasteiger partial charge in [-0.3, -0.25) is 0 Å². The van der Waals surface area contributed by atoms with Crippen LogP contribution in [0.15, 0.2) is 23.8 Å². The first-order valence-corrected chi connectivity index (χ1v) is 8.81. The fourth-order valence-electron chi connectivity index (χ4n) is 1.99. The molecule has 0 fully saturated rings. The molecule has 0 aliphatic heterocycles. The molecule has 120 valence electrons. The van der Waals surface area contributed by atoms with Crippen LogP contribution in [0.25, 0.3) is 10.6 Å². The molecule has 0 saturated heterocycles. The highest BCUT2D eigenvalue weighted by molar-refractivity contribution is 7.19. The van der Waals surface area contributed by atoms with Gasteiger partial charge in [0.1, 0.15) is 5.82 Å². The number of nitrogens with zero attached hydrogens (tertiary/aromatic N) is 5. The third-order valence-electron chi connectivity index (χ3n) is 3.18. The van der Waals surface area contributed by atoms with E-state index in [0.29, 0.717) is 10.3 Å². The Morgan fingerprint density at radius 3 is 2.52 bits per heavy atom. The summed E-state index contributed by atoms with van der Waals surface area (Å²) in [5.74, 6) is 6.93. The van der Waals surface area contributed by atoms with Gasteiger partial charge in [0.05, 0.1) is 16.3 Å². The molecule has 0 atom stereocenters. The molecule has 0 unspecified atom stereocenters. The normalized spacial score (nSPS) is 11.7. The minimum Gasteiger partial charge on any atom is -0.241 e. The predicted molar refractivity (Wildman–Crippen MR) is 95.0 cm³/mol. The summed E-state index contributed by atoms with van der Waals surface area (Å²) in [7, 11) is 0. The summed E-state index contributed by atoms with van der Waals surface area (Å²) < 4.78 is 0. The van der Waals surface area contributed by atoms with E-state index >= 15 is 0 Å². The van der Waals surface area contributed by atoms with Gasteiger partial charge in [0, 0.05) is 23.2 Å². The number of rotatable bonds is 3. The van der Waals surface area contributed by atoms with Crippen molar-refractivity contribution >= 4 is 32.9 Å². The van der Waals surface area contributed by atoms with E-state index in [-0.39, 0.29) is 5.41 Å². The van der Waals surface area contributed by atoms with E-state index in [1.807, 2.05) is 18.4 Å². The van der Waals surface area contributed by atoms with Gasteiger partial charge in [0.2, 0.25) is 10.3 Å². The summed E-state index contributed by atoms with van der Waals surface area (Å²) in [6.07, 6.45) is 3.52. The number of anilines is 2. The van der Waals surface area contributed by atoms with Gasteiger partial charge in [-0.1, -0.05) is 32.1 Å². The molecule has 0 aliphatic rings. The van der Waals surface area contributed by atoms with Crippen molar-refractivity contribution in [2.45, 2.75) is 33.1 Å². The van der Waals surface area contributed by atoms with Crippen molar-refractivity contribution in [3.8, 4) is 10.6 Å². The quantitative estimate of drug-likeness (QED) is 0.575. The molecule has 3 rings (SSSR count). The zero-order valence-electron chi connectivity index (χ0n) is 13.4. The number of aromatic nitrogens is 4. The molecule has 0 spiro atoms. The van der Waals surface area contributed by atoms with E-state index in [4.69, 9.17) is 10.8 Å². The Hall–Kier alpha value is -1.90. The third kappa shape index (κ3) is 3.24. The lowest BCUT2D eigenvalue weighted by Crippen LogP contribution is -2.24. The zero-order chi connectivity index (χ0) is 16.6. The molecule has 0 radical (unpaired) electrons. The first-order valence-electron chi connectivity index (χ1n) is 7.12. The molecule has 8 heteroatoms. The minimum absolute atomic E-state index is 0.0990. The number of aryl methyl sites for hydroxylation is 1. The highest BCUT2D eigenvalue weighted by atomic mass is 32.1. The fourth-order valence-corrected chi connectivity index (χ4v) is 3.57. The number of hydrazine groups is 1. The monoisotopic (exact) mass is 346 g/mol. The van der Waals surface area contributed by atoms with Crippen LogP contribution in [0.2, 0.25) is 0 Å². The Morgan fingerprint density at radius 1 is 1.09 bits per heavy atom. The van der Waals surface area contributed by atoms with Crippen LogP contribution in [0.4, 0.5) is 10.3 Å². The minimum atomic E-state index is -0.0990. The molecular weight excluding hydrogens is 328 g/mol. The lowest BCUT2D eigenvalue weighted by Gasteiger charge is -2.16. The second-order valence-electron chi connectivity index (χ2n) is 6.11. The summed E-state index contributed by atoms with van der Waals surface area (Å²) in [5, 5.41) is 4.81. The van der Waals surface area contributed by atoms with Crippen LogP contribution in [0, 0.1) is 6.92 Å². The first kappa shape index (κ1) is 16.0. The number of thiazole rings is 2. The maximum Gasteiger partial charge on any atom is 0.207 e. The van der Waals surface area contributed by atoms with Crippen molar-refractivity contribution in [2.75, 3.05) is 5.01 Å². The Balaban J connectivity index is 1.99. The van der Waals surface area contributed by atoms with Crippen molar-refractivity contribution in [1.29, 1.82) is 0 Å². The van der Waals surface area contributed by atoms with Gasteiger partial charge < -0.3 is 0 Å². The predicted octanol–water partition coefficient (Wildman–Crippen LogP) is 3.67. The van der Waals surface area contributed by atoms with E-state index in [0.717, 1.165) is 22.1 Å². The standard InChI is InChI=1S/C15H18N6S2/c1-9-11(10-5-6-17-12(20-10)15(2,3)4)23-14(19-9)21(16)13-18-7-8-22-13/h5-8H,16H2,1-4H3. The second kappa shape index (κ2) is 5.95. The van der Waals surface area contributed by atoms with E-state index in [2.05, 4.69) is 35.7 Å². The molecule has 2 N–H and O–H groups in total. The van der Waals surface area contributed by atoms with Gasteiger partial charge >= 0.3 is 0 Å². The lowest BCUT2D eigenvalue weighted by atomic mass is 9.95. The van der Waals surface area contributed by atoms with Crippen molar-refractivity contribution in [2.24, 2.45) is 5.84 Å². The van der Waals surface area contributed by atoms with Crippen LogP contribution in [0.1, 0.15) is 32.3 Å². The Morgan fingerprint density at radius 2 is 1.87 bits per heavy atom. The average molecular weight is 346 g/mol. The van der Waals surface area contributed by atoms with Gasteiger partial charge in [-0.25, -0.2) is 30.8 Å². The zero-order valence-corrected chi connectivity index (χ0v) is 15.1. The molecular formula is C15H18N6S2. The highest BCUT2D eigenvalue weighted by Gasteiger charge is 2.20. The SMILES string of the molecule is Cc1nc(N(N)c2nccs2)sc1-c1ccnc(C(C)(C)C)n1. The van der Waals surface area contributed by atoms with Gasteiger partial charge in [-0.2, -0.15) is 0 Å². The summed E-state index contributed by atoms with van der Waals surface area (Å²) >= 11 is 2.98. The van der Waals surface area contributed by atoms with Gasteiger partial charge in [-0.05, 0) is 13.0 Å². The Kier molecular flexibility index (Phi) is 4.13. The van der Waals surface area contributed by atoms with Crippen LogP contribution in [-0.4, -0.2) is 19.9 Å². The average Bonchev–Trinajstić information content (AvgIpc) is 3.15. The lowest BCUT2D eigenvalue weighted by molar-refractivity contribution is 0.546. The molecule has 0 aliphatic carbocycles. The van der Waals surface area contributed by atoms with E-state index in [1.54, 1.807) is 12.4 Å². The number of hydrogen-bond donors (Lipinski definition) is 1. The van der Waals surface area contributed by atoms with Gasteiger partial charge in [0.15, 0.2) is 0 Å². The number of nitrogens with two attached hydrogens (primary N) is 1. The summed E-state index contributed by atoms with van der Waals surface area (Å²) in [4.78, 5) is 18.8. The topological polar surface area (TPSA) is 80.8 Å². The highest BCUT2D eigenvalue weighted by Crippen LogP contribution is 2.36. The van der Waals surface area contributed by atoms with Crippen molar-refractivity contribution in [3.63, 3.8) is 0 Å². The Labute approximate surface area is 143 Å². The number of hydrogen-bond acceptors (Lipinski definition) is 8. The molecule has 3 aromatic heterocycles. The van der Waals surface area contributed by atoms with E-state index in [1.165, 1.54) is 27.7 Å². The van der Waals surface area contributed by atoms with Crippen LogP contribution < -0.4 is 10.9 Å². The van der Waals surface area contributed by atoms with Gasteiger partial charge in [-0.15, -0.1) is 11.3 Å². The molecule has 0 saturated carbocycles. The van der Waals surface area contributed by atoms with Crippen LogP contribution in [0.3, 0.4) is 0 Å². The molecule has 23 heavy (non-hydrogen) atoms. The molecule has 6 nitrogen and oxygen atoms in total. The summed E-state index contributed by atoms with van der Waals surface area (Å²) in [6, 6.07) is 1.91. The maximum atomic E-state index is 6.12. The molecule has 0 bridgehead atoms.